The normalized spacial score (nSPS) is 10.5. The predicted molar refractivity (Wildman–Crippen MR) is 69.6 cm³/mol. The molecule has 0 fully saturated rings. The highest BCUT2D eigenvalue weighted by Gasteiger charge is 2.17. The van der Waals surface area contributed by atoms with E-state index >= 15 is 0 Å². The molecule has 0 aromatic heterocycles. The maximum atomic E-state index is 13.1. The van der Waals surface area contributed by atoms with Gasteiger partial charge in [0.2, 0.25) is 0 Å². The maximum absolute atomic E-state index is 13.1. The summed E-state index contributed by atoms with van der Waals surface area (Å²) in [6.45, 7) is 5.79. The van der Waals surface area contributed by atoms with Crippen LogP contribution in [0.2, 0.25) is 0 Å². The molecular formula is C14H17FN2O. The fourth-order valence-electron chi connectivity index (χ4n) is 1.37. The highest BCUT2D eigenvalue weighted by atomic mass is 19.1. The van der Waals surface area contributed by atoms with Crippen molar-refractivity contribution in [3.63, 3.8) is 0 Å². The van der Waals surface area contributed by atoms with E-state index in [2.05, 4.69) is 17.2 Å². The number of hydrogen-bond acceptors (Lipinski definition) is 2. The highest BCUT2D eigenvalue weighted by Crippen LogP contribution is 2.12. The summed E-state index contributed by atoms with van der Waals surface area (Å²) in [6, 6.07) is 3.91. The van der Waals surface area contributed by atoms with Gasteiger partial charge < -0.3 is 11.1 Å². The number of carbonyl (C=O) groups excluding carboxylic acids is 1. The van der Waals surface area contributed by atoms with Crippen LogP contribution in [0.3, 0.4) is 0 Å². The van der Waals surface area contributed by atoms with E-state index in [4.69, 9.17) is 5.73 Å². The molecular weight excluding hydrogens is 231 g/mol. The van der Waals surface area contributed by atoms with Crippen molar-refractivity contribution in [1.29, 1.82) is 0 Å². The lowest BCUT2D eigenvalue weighted by molar-refractivity contribution is 0.0919. The van der Waals surface area contributed by atoms with Gasteiger partial charge in [0, 0.05) is 11.1 Å². The molecule has 0 aliphatic rings. The second-order valence-corrected chi connectivity index (χ2v) is 4.90. The van der Waals surface area contributed by atoms with E-state index in [1.165, 1.54) is 18.2 Å². The van der Waals surface area contributed by atoms with Gasteiger partial charge in [-0.3, -0.25) is 4.79 Å². The van der Waals surface area contributed by atoms with Crippen LogP contribution in [0.25, 0.3) is 0 Å². The van der Waals surface area contributed by atoms with E-state index in [0.29, 0.717) is 11.1 Å². The van der Waals surface area contributed by atoms with Crippen molar-refractivity contribution in [2.24, 2.45) is 5.73 Å². The molecule has 1 aromatic rings. The van der Waals surface area contributed by atoms with Gasteiger partial charge in [0.15, 0.2) is 0 Å². The summed E-state index contributed by atoms with van der Waals surface area (Å²) in [5.41, 5.74) is 5.62. The Morgan fingerprint density at radius 1 is 1.44 bits per heavy atom. The first-order chi connectivity index (χ1) is 8.33. The van der Waals surface area contributed by atoms with Crippen molar-refractivity contribution in [1.82, 2.24) is 5.32 Å². The molecule has 0 saturated carbocycles. The number of hydrogen-bond donors (Lipinski definition) is 2. The molecule has 0 unspecified atom stereocenters. The monoisotopic (exact) mass is 248 g/mol. The molecule has 3 N–H and O–H groups in total. The third-order valence-electron chi connectivity index (χ3n) is 2.04. The van der Waals surface area contributed by atoms with E-state index in [9.17, 15) is 9.18 Å². The first-order valence-corrected chi connectivity index (χ1v) is 5.64. The quantitative estimate of drug-likeness (QED) is 0.743. The summed E-state index contributed by atoms with van der Waals surface area (Å²) < 4.78 is 13.1. The number of amides is 1. The molecule has 0 saturated heterocycles. The summed E-state index contributed by atoms with van der Waals surface area (Å²) in [5, 5.41) is 2.81. The Balaban J connectivity index is 3.11. The number of rotatable bonds is 1. The van der Waals surface area contributed by atoms with Gasteiger partial charge in [0.05, 0.1) is 12.1 Å². The van der Waals surface area contributed by atoms with Crippen LogP contribution in [0.15, 0.2) is 18.2 Å². The molecule has 4 heteroatoms. The van der Waals surface area contributed by atoms with Crippen LogP contribution in [0.5, 0.6) is 0 Å². The van der Waals surface area contributed by atoms with Crippen LogP contribution in [0.1, 0.15) is 36.7 Å². The average Bonchev–Trinajstić information content (AvgIpc) is 2.23. The van der Waals surface area contributed by atoms with Crippen LogP contribution in [-0.4, -0.2) is 18.0 Å². The third-order valence-corrected chi connectivity index (χ3v) is 2.04. The van der Waals surface area contributed by atoms with Crippen LogP contribution < -0.4 is 11.1 Å². The van der Waals surface area contributed by atoms with Gasteiger partial charge in [-0.2, -0.15) is 0 Å². The molecule has 0 atom stereocenters. The molecule has 0 aliphatic heterocycles. The topological polar surface area (TPSA) is 55.1 Å². The van der Waals surface area contributed by atoms with E-state index < -0.39 is 5.82 Å². The molecule has 96 valence electrons. The van der Waals surface area contributed by atoms with Gasteiger partial charge in [-0.25, -0.2) is 4.39 Å². The minimum Gasteiger partial charge on any atom is -0.347 e. The van der Waals surface area contributed by atoms with Crippen molar-refractivity contribution in [2.75, 3.05) is 6.54 Å². The molecule has 0 aliphatic carbocycles. The maximum Gasteiger partial charge on any atom is 0.252 e. The van der Waals surface area contributed by atoms with E-state index in [0.717, 1.165) is 0 Å². The van der Waals surface area contributed by atoms with Crippen molar-refractivity contribution < 1.29 is 9.18 Å². The molecule has 1 amide bonds. The summed E-state index contributed by atoms with van der Waals surface area (Å²) >= 11 is 0. The zero-order valence-corrected chi connectivity index (χ0v) is 10.8. The minimum absolute atomic E-state index is 0.164. The Kier molecular flexibility index (Phi) is 4.46. The van der Waals surface area contributed by atoms with Crippen LogP contribution in [0.4, 0.5) is 4.39 Å². The molecule has 0 spiro atoms. The van der Waals surface area contributed by atoms with E-state index in [-0.39, 0.29) is 18.0 Å². The SMILES string of the molecule is CC(C)(C)NC(=O)c1ccc(F)cc1C#CCN. The Morgan fingerprint density at radius 3 is 2.67 bits per heavy atom. The minimum atomic E-state index is -0.427. The van der Waals surface area contributed by atoms with Crippen LogP contribution >= 0.6 is 0 Å². The second-order valence-electron chi connectivity index (χ2n) is 4.90. The Bertz CT molecular complexity index is 507. The Hall–Kier alpha value is -1.86. The summed E-state index contributed by atoms with van der Waals surface area (Å²) in [6.07, 6.45) is 0. The van der Waals surface area contributed by atoms with Crippen molar-refractivity contribution in [3.8, 4) is 11.8 Å². The predicted octanol–water partition coefficient (Wildman–Crippen LogP) is 1.66. The van der Waals surface area contributed by atoms with Crippen molar-refractivity contribution >= 4 is 5.91 Å². The zero-order chi connectivity index (χ0) is 13.8. The molecule has 0 heterocycles. The largest absolute Gasteiger partial charge is 0.347 e. The highest BCUT2D eigenvalue weighted by molar-refractivity contribution is 5.97. The van der Waals surface area contributed by atoms with Crippen molar-refractivity contribution in [3.05, 3.63) is 35.1 Å². The fraction of sp³-hybridized carbons (Fsp3) is 0.357. The number of nitrogens with two attached hydrogens (primary N) is 1. The smallest absolute Gasteiger partial charge is 0.252 e. The van der Waals surface area contributed by atoms with Gasteiger partial charge in [-0.1, -0.05) is 11.8 Å². The zero-order valence-electron chi connectivity index (χ0n) is 10.8. The number of nitrogens with one attached hydrogen (secondary N) is 1. The molecule has 0 bridgehead atoms. The standard InChI is InChI=1S/C14H17FN2O/c1-14(2,3)17-13(18)12-7-6-11(15)9-10(12)5-4-8-16/h6-7,9H,8,16H2,1-3H3,(H,17,18). The lowest BCUT2D eigenvalue weighted by atomic mass is 10.0. The van der Waals surface area contributed by atoms with Gasteiger partial charge in [-0.15, -0.1) is 0 Å². The summed E-state index contributed by atoms with van der Waals surface area (Å²) in [7, 11) is 0. The van der Waals surface area contributed by atoms with Gasteiger partial charge in [-0.05, 0) is 39.0 Å². The summed E-state index contributed by atoms with van der Waals surface area (Å²) in [4.78, 5) is 12.0. The van der Waals surface area contributed by atoms with Crippen molar-refractivity contribution in [2.45, 2.75) is 26.3 Å². The second kappa shape index (κ2) is 5.65. The average molecular weight is 248 g/mol. The molecule has 1 rings (SSSR count). The van der Waals surface area contributed by atoms with Crippen LogP contribution in [-0.2, 0) is 0 Å². The molecule has 18 heavy (non-hydrogen) atoms. The van der Waals surface area contributed by atoms with Gasteiger partial charge in [0.25, 0.3) is 5.91 Å². The fourth-order valence-corrected chi connectivity index (χ4v) is 1.37. The van der Waals surface area contributed by atoms with E-state index in [1.54, 1.807) is 0 Å². The first kappa shape index (κ1) is 14.2. The summed E-state index contributed by atoms with van der Waals surface area (Å²) in [5.74, 6) is 4.62. The Labute approximate surface area is 107 Å². The number of carbonyl (C=O) groups is 1. The number of halogens is 1. The molecule has 0 radical (unpaired) electrons. The van der Waals surface area contributed by atoms with E-state index in [1.807, 2.05) is 20.8 Å². The van der Waals surface area contributed by atoms with Gasteiger partial charge in [0.1, 0.15) is 5.82 Å². The lowest BCUT2D eigenvalue weighted by Crippen LogP contribution is -2.40. The number of benzene rings is 1. The first-order valence-electron chi connectivity index (χ1n) is 5.64. The lowest BCUT2D eigenvalue weighted by Gasteiger charge is -2.20. The van der Waals surface area contributed by atoms with Gasteiger partial charge >= 0.3 is 0 Å². The molecule has 1 aromatic carbocycles. The molecule has 3 nitrogen and oxygen atoms in total. The third kappa shape index (κ3) is 4.19. The Morgan fingerprint density at radius 2 is 2.11 bits per heavy atom. The van der Waals surface area contributed by atoms with Crippen LogP contribution in [0, 0.1) is 17.7 Å².